The number of hydrogen-bond acceptors (Lipinski definition) is 3. The Morgan fingerprint density at radius 2 is 1.88 bits per heavy atom. The number of nitrogens with zero attached hydrogens (tertiary/aromatic N) is 2. The Labute approximate surface area is 201 Å². The van der Waals surface area contributed by atoms with Crippen LogP contribution in [-0.4, -0.2) is 33.6 Å². The molecule has 0 aromatic heterocycles. The van der Waals surface area contributed by atoms with Gasteiger partial charge in [-0.25, -0.2) is 9.80 Å². The lowest BCUT2D eigenvalue weighted by molar-refractivity contribution is -0.125. The highest BCUT2D eigenvalue weighted by Gasteiger charge is 2.34. The van der Waals surface area contributed by atoms with Gasteiger partial charge in [-0.2, -0.15) is 5.10 Å². The third kappa shape index (κ3) is 6.44. The normalized spacial score (nSPS) is 18.5. The first-order valence-corrected chi connectivity index (χ1v) is 12.2. The number of carboxylic acids is 1. The quantitative estimate of drug-likeness (QED) is 0.144. The lowest BCUT2D eigenvalue weighted by Crippen LogP contribution is -2.32. The van der Waals surface area contributed by atoms with E-state index in [9.17, 15) is 9.59 Å². The van der Waals surface area contributed by atoms with Crippen molar-refractivity contribution in [2.24, 2.45) is 11.0 Å². The van der Waals surface area contributed by atoms with Crippen LogP contribution in [0.25, 0.3) is 0 Å². The van der Waals surface area contributed by atoms with E-state index in [1.165, 1.54) is 22.7 Å². The summed E-state index contributed by atoms with van der Waals surface area (Å²) in [6.45, 7) is 6.00. The zero-order chi connectivity index (χ0) is 24.0. The van der Waals surface area contributed by atoms with E-state index in [1.807, 2.05) is 6.92 Å². The fourth-order valence-corrected chi connectivity index (χ4v) is 4.35. The summed E-state index contributed by atoms with van der Waals surface area (Å²) in [5, 5.41) is 14.9. The summed E-state index contributed by atoms with van der Waals surface area (Å²) in [6.07, 6.45) is 12.7. The fourth-order valence-electron chi connectivity index (χ4n) is 4.13. The highest BCUT2D eigenvalue weighted by atomic mass is 35.5. The SMILES string of the molecule is CC/C=C\C(=C(\C(=O)N(/N=C/c1ccc(C(=O)O)cc1)C1=C(C)CCCC1)C(C)Cl)C1CC1. The van der Waals surface area contributed by atoms with E-state index in [-0.39, 0.29) is 11.5 Å². The van der Waals surface area contributed by atoms with Crippen molar-refractivity contribution in [3.63, 3.8) is 0 Å². The van der Waals surface area contributed by atoms with Gasteiger partial charge in [-0.15, -0.1) is 11.6 Å². The molecule has 2 aliphatic carbocycles. The molecule has 1 aromatic carbocycles. The molecule has 6 heteroatoms. The smallest absolute Gasteiger partial charge is 0.335 e. The number of amides is 1. The van der Waals surface area contributed by atoms with Crippen LogP contribution in [0, 0.1) is 5.92 Å². The molecule has 33 heavy (non-hydrogen) atoms. The summed E-state index contributed by atoms with van der Waals surface area (Å²) in [5.41, 5.74) is 4.70. The summed E-state index contributed by atoms with van der Waals surface area (Å²) in [7, 11) is 0. The molecule has 0 radical (unpaired) electrons. The zero-order valence-corrected chi connectivity index (χ0v) is 20.4. The van der Waals surface area contributed by atoms with Gasteiger partial charge < -0.3 is 5.11 Å². The maximum absolute atomic E-state index is 14.0. The molecule has 1 fully saturated rings. The number of carbonyl (C=O) groups excluding carboxylic acids is 1. The molecule has 0 bridgehead atoms. The number of carbonyl (C=O) groups is 2. The summed E-state index contributed by atoms with van der Waals surface area (Å²) < 4.78 is 0. The molecule has 3 rings (SSSR count). The Balaban J connectivity index is 2.03. The Morgan fingerprint density at radius 1 is 1.21 bits per heavy atom. The number of aromatic carboxylic acids is 1. The molecule has 1 saturated carbocycles. The molecule has 1 atom stereocenters. The van der Waals surface area contributed by atoms with E-state index in [4.69, 9.17) is 16.7 Å². The van der Waals surface area contributed by atoms with E-state index in [2.05, 4.69) is 31.1 Å². The summed E-state index contributed by atoms with van der Waals surface area (Å²) in [5.74, 6) is -0.768. The number of carboxylic acid groups (broad SMARTS) is 1. The van der Waals surface area contributed by atoms with Crippen molar-refractivity contribution in [2.45, 2.75) is 71.1 Å². The molecule has 1 N–H and O–H groups in total. The van der Waals surface area contributed by atoms with Crippen molar-refractivity contribution in [3.8, 4) is 0 Å². The van der Waals surface area contributed by atoms with Crippen molar-refractivity contribution in [1.82, 2.24) is 5.01 Å². The fraction of sp³-hybridized carbons (Fsp3) is 0.444. The highest BCUT2D eigenvalue weighted by Crippen LogP contribution is 2.41. The molecule has 176 valence electrons. The van der Waals surface area contributed by atoms with Crippen LogP contribution in [0.15, 0.2) is 63.9 Å². The van der Waals surface area contributed by atoms with Crippen LogP contribution < -0.4 is 0 Å². The number of halogens is 1. The van der Waals surface area contributed by atoms with Gasteiger partial charge in [0.2, 0.25) is 0 Å². The first kappa shape index (κ1) is 25.0. The van der Waals surface area contributed by atoms with Crippen molar-refractivity contribution in [1.29, 1.82) is 0 Å². The molecule has 2 aliphatic rings. The number of alkyl halides is 1. The van der Waals surface area contributed by atoms with Crippen molar-refractivity contribution in [3.05, 3.63) is 70.0 Å². The molecule has 0 saturated heterocycles. The minimum atomic E-state index is -0.975. The van der Waals surface area contributed by atoms with Crippen LogP contribution in [-0.2, 0) is 4.79 Å². The van der Waals surface area contributed by atoms with Crippen LogP contribution >= 0.6 is 11.6 Å². The summed E-state index contributed by atoms with van der Waals surface area (Å²) >= 11 is 6.60. The monoisotopic (exact) mass is 468 g/mol. The molecule has 0 spiro atoms. The molecule has 1 amide bonds. The van der Waals surface area contributed by atoms with Gasteiger partial charge >= 0.3 is 5.97 Å². The first-order chi connectivity index (χ1) is 15.8. The van der Waals surface area contributed by atoms with E-state index in [1.54, 1.807) is 18.3 Å². The van der Waals surface area contributed by atoms with Crippen molar-refractivity contribution in [2.75, 3.05) is 0 Å². The molecular formula is C27H33ClN2O3. The molecule has 1 unspecified atom stereocenters. The molecule has 1 aromatic rings. The van der Waals surface area contributed by atoms with Gasteiger partial charge in [0.25, 0.3) is 5.91 Å². The maximum Gasteiger partial charge on any atom is 0.335 e. The Hall–Kier alpha value is -2.66. The van der Waals surface area contributed by atoms with Gasteiger partial charge in [-0.3, -0.25) is 4.79 Å². The van der Waals surface area contributed by atoms with E-state index in [0.717, 1.165) is 61.8 Å². The van der Waals surface area contributed by atoms with Gasteiger partial charge in [0.05, 0.1) is 17.2 Å². The van der Waals surface area contributed by atoms with Gasteiger partial charge in [-0.05, 0) is 88.0 Å². The van der Waals surface area contributed by atoms with Crippen LogP contribution in [0.5, 0.6) is 0 Å². The standard InChI is InChI=1S/C27H33ClN2O3/c1-4-5-9-23(21-15-16-21)25(19(3)28)26(31)30(24-10-7-6-8-18(24)2)29-17-20-11-13-22(14-12-20)27(32)33/h5,9,11-14,17,19,21H,4,6-8,10,15-16H2,1-3H3,(H,32,33)/b9-5-,25-23-,29-17+. The maximum atomic E-state index is 14.0. The Morgan fingerprint density at radius 3 is 2.42 bits per heavy atom. The van der Waals surface area contributed by atoms with Gasteiger partial charge in [-0.1, -0.05) is 36.8 Å². The number of rotatable bonds is 9. The second-order valence-electron chi connectivity index (χ2n) is 8.79. The molecular weight excluding hydrogens is 436 g/mol. The lowest BCUT2D eigenvalue weighted by atomic mass is 9.95. The molecule has 0 aliphatic heterocycles. The number of hydrazone groups is 1. The first-order valence-electron chi connectivity index (χ1n) is 11.8. The number of benzene rings is 1. The zero-order valence-electron chi connectivity index (χ0n) is 19.7. The van der Waals surface area contributed by atoms with Crippen LogP contribution in [0.2, 0.25) is 0 Å². The average molecular weight is 469 g/mol. The van der Waals surface area contributed by atoms with Crippen molar-refractivity contribution < 1.29 is 14.7 Å². The van der Waals surface area contributed by atoms with Crippen LogP contribution in [0.1, 0.15) is 81.6 Å². The minimum absolute atomic E-state index is 0.171. The Kier molecular flexibility index (Phi) is 8.67. The van der Waals surface area contributed by atoms with E-state index >= 15 is 0 Å². The Bertz CT molecular complexity index is 999. The lowest BCUT2D eigenvalue weighted by Gasteiger charge is -2.28. The predicted molar refractivity (Wildman–Crippen MR) is 134 cm³/mol. The third-order valence-corrected chi connectivity index (χ3v) is 6.34. The van der Waals surface area contributed by atoms with E-state index in [0.29, 0.717) is 11.5 Å². The van der Waals surface area contributed by atoms with Gasteiger partial charge in [0.1, 0.15) is 0 Å². The highest BCUT2D eigenvalue weighted by molar-refractivity contribution is 6.25. The van der Waals surface area contributed by atoms with E-state index < -0.39 is 11.3 Å². The summed E-state index contributed by atoms with van der Waals surface area (Å²) in [6, 6.07) is 6.46. The van der Waals surface area contributed by atoms with Crippen LogP contribution in [0.3, 0.4) is 0 Å². The number of allylic oxidation sites excluding steroid dienone is 5. The van der Waals surface area contributed by atoms with Crippen molar-refractivity contribution >= 4 is 29.7 Å². The second-order valence-corrected chi connectivity index (χ2v) is 9.45. The third-order valence-electron chi connectivity index (χ3n) is 6.13. The second kappa shape index (κ2) is 11.5. The molecule has 0 heterocycles. The predicted octanol–water partition coefficient (Wildman–Crippen LogP) is 6.70. The topological polar surface area (TPSA) is 70.0 Å². The average Bonchev–Trinajstić information content (AvgIpc) is 3.63. The largest absolute Gasteiger partial charge is 0.478 e. The van der Waals surface area contributed by atoms with Crippen LogP contribution in [0.4, 0.5) is 0 Å². The van der Waals surface area contributed by atoms with Gasteiger partial charge in [0.15, 0.2) is 0 Å². The summed E-state index contributed by atoms with van der Waals surface area (Å²) in [4.78, 5) is 25.1. The molecule has 5 nitrogen and oxygen atoms in total. The van der Waals surface area contributed by atoms with Gasteiger partial charge in [0, 0.05) is 11.3 Å². The number of hydrogen-bond donors (Lipinski definition) is 1. The minimum Gasteiger partial charge on any atom is -0.478 e.